The number of rotatable bonds is 4. The highest BCUT2D eigenvalue weighted by Gasteiger charge is 2.38. The molecule has 6 heteroatoms. The molecular formula is C13H15NO5. The number of methoxy groups -OCH3 is 2. The molecule has 1 heterocycles. The molecule has 6 nitrogen and oxygen atoms in total. The molecule has 1 aliphatic heterocycles. The van der Waals surface area contributed by atoms with Gasteiger partial charge in [0.1, 0.15) is 12.4 Å². The molecule has 2 rings (SSSR count). The van der Waals surface area contributed by atoms with Crippen molar-refractivity contribution in [1.82, 2.24) is 4.90 Å². The van der Waals surface area contributed by atoms with Gasteiger partial charge in [-0.15, -0.1) is 0 Å². The van der Waals surface area contributed by atoms with Crippen LogP contribution in [0.2, 0.25) is 0 Å². The first-order chi connectivity index (χ1) is 9.15. The fourth-order valence-corrected chi connectivity index (χ4v) is 1.88. The zero-order chi connectivity index (χ0) is 13.8. The summed E-state index contributed by atoms with van der Waals surface area (Å²) in [6, 6.07) is 6.57. The minimum absolute atomic E-state index is 0.0294. The summed E-state index contributed by atoms with van der Waals surface area (Å²) in [5, 5.41) is 0. The van der Waals surface area contributed by atoms with Gasteiger partial charge in [-0.25, -0.2) is 9.59 Å². The highest BCUT2D eigenvalue weighted by Crippen LogP contribution is 2.19. The zero-order valence-corrected chi connectivity index (χ0v) is 10.8. The molecule has 1 aromatic carbocycles. The summed E-state index contributed by atoms with van der Waals surface area (Å²) in [5.74, 6) is 0.261. The van der Waals surface area contributed by atoms with Crippen molar-refractivity contribution in [3.05, 3.63) is 29.8 Å². The first-order valence-corrected chi connectivity index (χ1v) is 5.80. The number of carbonyl (C=O) groups excluding carboxylic acids is 2. The molecule has 1 aromatic rings. The van der Waals surface area contributed by atoms with Gasteiger partial charge in [0.15, 0.2) is 6.04 Å². The van der Waals surface area contributed by atoms with E-state index in [9.17, 15) is 9.59 Å². The predicted octanol–water partition coefficient (Wildman–Crippen LogP) is 1.19. The van der Waals surface area contributed by atoms with Crippen LogP contribution in [-0.2, 0) is 20.8 Å². The topological polar surface area (TPSA) is 65.1 Å². The van der Waals surface area contributed by atoms with Gasteiger partial charge in [-0.05, 0) is 17.7 Å². The van der Waals surface area contributed by atoms with Gasteiger partial charge < -0.3 is 14.2 Å². The van der Waals surface area contributed by atoms with Crippen LogP contribution in [-0.4, -0.2) is 43.8 Å². The summed E-state index contributed by atoms with van der Waals surface area (Å²) < 4.78 is 14.6. The van der Waals surface area contributed by atoms with E-state index in [2.05, 4.69) is 4.74 Å². The number of hydrogen-bond acceptors (Lipinski definition) is 5. The highest BCUT2D eigenvalue weighted by molar-refractivity contribution is 5.84. The maximum atomic E-state index is 11.6. The lowest BCUT2D eigenvalue weighted by Gasteiger charge is -2.19. The second-order valence-electron chi connectivity index (χ2n) is 4.09. The normalized spacial score (nSPS) is 18.1. The van der Waals surface area contributed by atoms with E-state index in [0.717, 1.165) is 11.3 Å². The van der Waals surface area contributed by atoms with Crippen LogP contribution in [0.4, 0.5) is 4.79 Å². The maximum Gasteiger partial charge on any atom is 0.411 e. The van der Waals surface area contributed by atoms with Crippen LogP contribution in [0, 0.1) is 0 Å². The molecule has 1 saturated heterocycles. The average Bonchev–Trinajstić information content (AvgIpc) is 2.80. The Kier molecular flexibility index (Phi) is 3.89. The number of benzene rings is 1. The molecule has 1 unspecified atom stereocenters. The molecule has 1 fully saturated rings. The third-order valence-electron chi connectivity index (χ3n) is 2.96. The van der Waals surface area contributed by atoms with Crippen LogP contribution < -0.4 is 4.74 Å². The Labute approximate surface area is 110 Å². The van der Waals surface area contributed by atoms with Crippen LogP contribution in [0.15, 0.2) is 24.3 Å². The lowest BCUT2D eigenvalue weighted by atomic mass is 10.2. The van der Waals surface area contributed by atoms with Gasteiger partial charge in [0.2, 0.25) is 0 Å². The van der Waals surface area contributed by atoms with E-state index in [0.29, 0.717) is 6.54 Å². The molecule has 0 aromatic heterocycles. The molecule has 0 N–H and O–H groups in total. The summed E-state index contributed by atoms with van der Waals surface area (Å²) in [5.41, 5.74) is 0.883. The number of esters is 1. The number of amides is 1. The fraction of sp³-hybridized carbons (Fsp3) is 0.385. The number of carbonyl (C=O) groups is 2. The molecule has 0 radical (unpaired) electrons. The standard InChI is InChI=1S/C13H15NO5/c1-17-10-5-3-9(4-6-10)7-14-11(12(15)18-2)8-19-13(14)16/h3-6,11H,7-8H2,1-2H3. The Hall–Kier alpha value is -2.24. The van der Waals surface area contributed by atoms with E-state index >= 15 is 0 Å². The van der Waals surface area contributed by atoms with Gasteiger partial charge in [0, 0.05) is 0 Å². The Balaban J connectivity index is 2.10. The Morgan fingerprint density at radius 2 is 2.05 bits per heavy atom. The maximum absolute atomic E-state index is 11.6. The zero-order valence-electron chi connectivity index (χ0n) is 10.8. The minimum Gasteiger partial charge on any atom is -0.497 e. The van der Waals surface area contributed by atoms with E-state index in [1.807, 2.05) is 12.1 Å². The van der Waals surface area contributed by atoms with Crippen molar-refractivity contribution < 1.29 is 23.8 Å². The highest BCUT2D eigenvalue weighted by atomic mass is 16.6. The second kappa shape index (κ2) is 5.60. The van der Waals surface area contributed by atoms with E-state index in [4.69, 9.17) is 9.47 Å². The number of ether oxygens (including phenoxy) is 3. The van der Waals surface area contributed by atoms with Crippen molar-refractivity contribution in [2.45, 2.75) is 12.6 Å². The molecule has 102 valence electrons. The van der Waals surface area contributed by atoms with Gasteiger partial charge in [0.05, 0.1) is 20.8 Å². The van der Waals surface area contributed by atoms with Crippen LogP contribution in [0.1, 0.15) is 5.56 Å². The summed E-state index contributed by atoms with van der Waals surface area (Å²) >= 11 is 0. The van der Waals surface area contributed by atoms with Crippen molar-refractivity contribution in [1.29, 1.82) is 0 Å². The van der Waals surface area contributed by atoms with E-state index in [1.165, 1.54) is 12.0 Å². The quantitative estimate of drug-likeness (QED) is 0.765. The SMILES string of the molecule is COC(=O)C1COC(=O)N1Cc1ccc(OC)cc1. The molecule has 1 amide bonds. The molecule has 1 atom stereocenters. The van der Waals surface area contributed by atoms with Gasteiger partial charge in [-0.2, -0.15) is 0 Å². The van der Waals surface area contributed by atoms with Crippen molar-refractivity contribution >= 4 is 12.1 Å². The van der Waals surface area contributed by atoms with Gasteiger partial charge >= 0.3 is 12.1 Å². The van der Waals surface area contributed by atoms with Crippen LogP contribution >= 0.6 is 0 Å². The minimum atomic E-state index is -0.681. The molecule has 0 spiro atoms. The smallest absolute Gasteiger partial charge is 0.411 e. The van der Waals surface area contributed by atoms with Crippen molar-refractivity contribution in [3.63, 3.8) is 0 Å². The van der Waals surface area contributed by atoms with Crippen molar-refractivity contribution in [3.8, 4) is 5.75 Å². The monoisotopic (exact) mass is 265 g/mol. The molecule has 0 bridgehead atoms. The average molecular weight is 265 g/mol. The van der Waals surface area contributed by atoms with Crippen LogP contribution in [0.25, 0.3) is 0 Å². The van der Waals surface area contributed by atoms with Gasteiger partial charge in [-0.1, -0.05) is 12.1 Å². The molecule has 1 aliphatic rings. The summed E-state index contributed by atoms with van der Waals surface area (Å²) in [6.45, 7) is 0.324. The Bertz CT molecular complexity index is 470. The third kappa shape index (κ3) is 2.78. The summed E-state index contributed by atoms with van der Waals surface area (Å²) in [7, 11) is 2.87. The Morgan fingerprint density at radius 1 is 1.37 bits per heavy atom. The summed E-state index contributed by atoms with van der Waals surface area (Å²) in [4.78, 5) is 24.5. The molecular weight excluding hydrogens is 250 g/mol. The van der Waals surface area contributed by atoms with Crippen molar-refractivity contribution in [2.75, 3.05) is 20.8 Å². The second-order valence-corrected chi connectivity index (χ2v) is 4.09. The van der Waals surface area contributed by atoms with E-state index in [-0.39, 0.29) is 6.61 Å². The molecule has 0 saturated carbocycles. The predicted molar refractivity (Wildman–Crippen MR) is 65.7 cm³/mol. The number of nitrogens with zero attached hydrogens (tertiary/aromatic N) is 1. The third-order valence-corrected chi connectivity index (χ3v) is 2.96. The van der Waals surface area contributed by atoms with Crippen molar-refractivity contribution in [2.24, 2.45) is 0 Å². The van der Waals surface area contributed by atoms with Crippen LogP contribution in [0.5, 0.6) is 5.75 Å². The van der Waals surface area contributed by atoms with Gasteiger partial charge in [-0.3, -0.25) is 4.90 Å². The van der Waals surface area contributed by atoms with Gasteiger partial charge in [0.25, 0.3) is 0 Å². The Morgan fingerprint density at radius 3 is 2.63 bits per heavy atom. The first-order valence-electron chi connectivity index (χ1n) is 5.80. The van der Waals surface area contributed by atoms with E-state index in [1.54, 1.807) is 19.2 Å². The largest absolute Gasteiger partial charge is 0.497 e. The number of hydrogen-bond donors (Lipinski definition) is 0. The molecule has 0 aliphatic carbocycles. The number of cyclic esters (lactones) is 1. The fourth-order valence-electron chi connectivity index (χ4n) is 1.88. The van der Waals surface area contributed by atoms with Crippen LogP contribution in [0.3, 0.4) is 0 Å². The summed E-state index contributed by atoms with van der Waals surface area (Å²) in [6.07, 6.45) is -0.508. The lowest BCUT2D eigenvalue weighted by Crippen LogP contribution is -2.39. The molecule has 19 heavy (non-hydrogen) atoms. The van der Waals surface area contributed by atoms with E-state index < -0.39 is 18.1 Å². The lowest BCUT2D eigenvalue weighted by molar-refractivity contribution is -0.145. The first kappa shape index (κ1) is 13.2.